The van der Waals surface area contributed by atoms with Crippen molar-refractivity contribution in [2.75, 3.05) is 21.2 Å². The van der Waals surface area contributed by atoms with Crippen LogP contribution in [0.15, 0.2) is 47.4 Å². The maximum Gasteiger partial charge on any atom is 0.242 e. The van der Waals surface area contributed by atoms with Crippen LogP contribution in [0.3, 0.4) is 0 Å². The molecule has 0 fully saturated rings. The van der Waals surface area contributed by atoms with E-state index in [0.29, 0.717) is 31.5 Å². The van der Waals surface area contributed by atoms with Gasteiger partial charge >= 0.3 is 0 Å². The topological polar surface area (TPSA) is 93.5 Å². The van der Waals surface area contributed by atoms with Crippen LogP contribution in [0.25, 0.3) is 11.0 Å². The molecule has 8 nitrogen and oxygen atoms in total. The molecule has 184 valence electrons. The van der Waals surface area contributed by atoms with E-state index in [1.807, 2.05) is 30.3 Å². The first-order valence-corrected chi connectivity index (χ1v) is 13.0. The average Bonchev–Trinajstić information content (AvgIpc) is 3.17. The molecule has 0 aliphatic heterocycles. The van der Waals surface area contributed by atoms with Crippen LogP contribution in [-0.4, -0.2) is 49.4 Å². The highest BCUT2D eigenvalue weighted by atomic mass is 32.2. The Morgan fingerprint density at radius 3 is 2.56 bits per heavy atom. The van der Waals surface area contributed by atoms with E-state index in [-0.39, 0.29) is 10.8 Å². The van der Waals surface area contributed by atoms with Crippen LogP contribution in [0, 0.1) is 0 Å². The molecule has 9 heteroatoms. The first-order chi connectivity index (χ1) is 16.3. The fourth-order valence-corrected chi connectivity index (χ4v) is 4.74. The first-order valence-electron chi connectivity index (χ1n) is 11.5. The molecule has 1 amide bonds. The van der Waals surface area contributed by atoms with Crippen LogP contribution in [0.2, 0.25) is 0 Å². The first kappa shape index (κ1) is 25.9. The highest BCUT2D eigenvalue weighted by Crippen LogP contribution is 2.23. The molecule has 0 aliphatic rings. The molecule has 3 aromatic rings. The fraction of sp³-hybridized carbons (Fsp3) is 0.440. The van der Waals surface area contributed by atoms with Gasteiger partial charge in [0.2, 0.25) is 15.9 Å². The van der Waals surface area contributed by atoms with Crippen LogP contribution in [0.4, 0.5) is 0 Å². The van der Waals surface area contributed by atoms with E-state index in [1.165, 1.54) is 18.4 Å². The van der Waals surface area contributed by atoms with Gasteiger partial charge in [0.1, 0.15) is 5.82 Å². The Balaban J connectivity index is 1.75. The van der Waals surface area contributed by atoms with Crippen LogP contribution in [0.1, 0.15) is 43.1 Å². The third-order valence-corrected chi connectivity index (χ3v) is 7.59. The second-order valence-corrected chi connectivity index (χ2v) is 10.6. The number of unbranched alkanes of at least 4 members (excludes halogenated alkanes) is 1. The summed E-state index contributed by atoms with van der Waals surface area (Å²) in [7, 11) is 1.13. The van der Waals surface area contributed by atoms with Gasteiger partial charge in [0, 0.05) is 47.1 Å². The lowest BCUT2D eigenvalue weighted by molar-refractivity contribution is -0.121. The normalized spacial score (nSPS) is 11.9. The molecule has 1 aromatic heterocycles. The predicted octanol–water partition coefficient (Wildman–Crippen LogP) is 3.48. The zero-order valence-electron chi connectivity index (χ0n) is 20.4. The molecular formula is C25H34N4O4S. The van der Waals surface area contributed by atoms with E-state index in [4.69, 9.17) is 9.72 Å². The number of nitrogens with one attached hydrogen (secondary N) is 1. The SMILES string of the molecule is CCCCn1c(CCC(=O)NCc2ccccc2COC)nc2cc(S(=O)(=O)N(C)C)ccc21. The molecule has 1 N–H and O–H groups in total. The maximum absolute atomic E-state index is 12.6. The van der Waals surface area contributed by atoms with E-state index >= 15 is 0 Å². The maximum atomic E-state index is 12.6. The standard InChI is InChI=1S/C25H34N4O4S/c1-5-6-15-29-23-12-11-21(34(31,32)28(2)3)16-22(23)27-24(29)13-14-25(30)26-17-19-9-7-8-10-20(19)18-33-4/h7-12,16H,5-6,13-15,17-18H2,1-4H3,(H,26,30). The summed E-state index contributed by atoms with van der Waals surface area (Å²) in [6.07, 6.45) is 2.76. The van der Waals surface area contributed by atoms with Gasteiger partial charge in [-0.05, 0) is 35.7 Å². The predicted molar refractivity (Wildman–Crippen MR) is 133 cm³/mol. The van der Waals surface area contributed by atoms with E-state index < -0.39 is 10.0 Å². The van der Waals surface area contributed by atoms with Gasteiger partial charge in [-0.3, -0.25) is 4.79 Å². The molecule has 1 heterocycles. The Kier molecular flexibility index (Phi) is 8.82. The highest BCUT2D eigenvalue weighted by Gasteiger charge is 2.20. The number of aryl methyl sites for hydroxylation is 2. The number of rotatable bonds is 12. The largest absolute Gasteiger partial charge is 0.380 e. The number of carbonyl (C=O) groups excluding carboxylic acids is 1. The zero-order valence-corrected chi connectivity index (χ0v) is 21.2. The van der Waals surface area contributed by atoms with E-state index in [2.05, 4.69) is 16.8 Å². The number of hydrogen-bond acceptors (Lipinski definition) is 5. The minimum absolute atomic E-state index is 0.0582. The van der Waals surface area contributed by atoms with E-state index in [0.717, 1.165) is 41.9 Å². The van der Waals surface area contributed by atoms with Gasteiger partial charge in [-0.1, -0.05) is 37.6 Å². The van der Waals surface area contributed by atoms with Crippen molar-refractivity contribution in [2.45, 2.75) is 57.2 Å². The average molecular weight is 487 g/mol. The van der Waals surface area contributed by atoms with Crippen molar-refractivity contribution in [2.24, 2.45) is 0 Å². The number of carbonyl (C=O) groups is 1. The number of amides is 1. The number of hydrogen-bond donors (Lipinski definition) is 1. The zero-order chi connectivity index (χ0) is 24.7. The number of benzene rings is 2. The number of nitrogens with zero attached hydrogens (tertiary/aromatic N) is 3. The number of aromatic nitrogens is 2. The van der Waals surface area contributed by atoms with Crippen LogP contribution < -0.4 is 5.32 Å². The summed E-state index contributed by atoms with van der Waals surface area (Å²) in [6, 6.07) is 12.9. The van der Waals surface area contributed by atoms with Crippen molar-refractivity contribution in [1.29, 1.82) is 0 Å². The molecule has 2 aromatic carbocycles. The van der Waals surface area contributed by atoms with Crippen molar-refractivity contribution in [1.82, 2.24) is 19.2 Å². The molecule has 0 unspecified atom stereocenters. The lowest BCUT2D eigenvalue weighted by atomic mass is 10.1. The highest BCUT2D eigenvalue weighted by molar-refractivity contribution is 7.89. The smallest absolute Gasteiger partial charge is 0.242 e. The molecule has 0 bridgehead atoms. The summed E-state index contributed by atoms with van der Waals surface area (Å²) in [5.41, 5.74) is 3.59. The monoisotopic (exact) mass is 486 g/mol. The second-order valence-electron chi connectivity index (χ2n) is 8.45. The number of imidazole rings is 1. The molecule has 3 rings (SSSR count). The lowest BCUT2D eigenvalue weighted by Gasteiger charge is -2.12. The molecule has 0 atom stereocenters. The van der Waals surface area contributed by atoms with Crippen molar-refractivity contribution in [3.05, 3.63) is 59.4 Å². The summed E-state index contributed by atoms with van der Waals surface area (Å²) in [6.45, 7) is 3.83. The van der Waals surface area contributed by atoms with Crippen LogP contribution in [-0.2, 0) is 45.7 Å². The molecule has 0 aliphatic carbocycles. The Morgan fingerprint density at radius 1 is 1.15 bits per heavy atom. The van der Waals surface area contributed by atoms with Crippen LogP contribution in [0.5, 0.6) is 0 Å². The minimum Gasteiger partial charge on any atom is -0.380 e. The van der Waals surface area contributed by atoms with Gasteiger partial charge in [-0.2, -0.15) is 0 Å². The lowest BCUT2D eigenvalue weighted by Crippen LogP contribution is -2.24. The van der Waals surface area contributed by atoms with Gasteiger partial charge in [0.15, 0.2) is 0 Å². The summed E-state index contributed by atoms with van der Waals surface area (Å²) < 4.78 is 33.6. The summed E-state index contributed by atoms with van der Waals surface area (Å²) in [5.74, 6) is 0.731. The Morgan fingerprint density at radius 2 is 1.88 bits per heavy atom. The third-order valence-electron chi connectivity index (χ3n) is 5.78. The summed E-state index contributed by atoms with van der Waals surface area (Å²) in [4.78, 5) is 17.5. The van der Waals surface area contributed by atoms with Gasteiger partial charge in [-0.25, -0.2) is 17.7 Å². The number of sulfonamides is 1. The van der Waals surface area contributed by atoms with E-state index in [9.17, 15) is 13.2 Å². The third kappa shape index (κ3) is 6.02. The Labute approximate surface area is 202 Å². The molecule has 0 radical (unpaired) electrons. The van der Waals surface area contributed by atoms with Crippen LogP contribution >= 0.6 is 0 Å². The van der Waals surface area contributed by atoms with Crippen molar-refractivity contribution in [3.63, 3.8) is 0 Å². The Bertz CT molecular complexity index is 1230. The summed E-state index contributed by atoms with van der Waals surface area (Å²) in [5, 5.41) is 2.99. The molecule has 0 saturated heterocycles. The molecule has 34 heavy (non-hydrogen) atoms. The minimum atomic E-state index is -3.55. The molecule has 0 spiro atoms. The second kappa shape index (κ2) is 11.6. The Hall–Kier alpha value is -2.75. The fourth-order valence-electron chi connectivity index (χ4n) is 3.82. The van der Waals surface area contributed by atoms with Crippen molar-refractivity contribution < 1.29 is 17.9 Å². The number of fused-ring (bicyclic) bond motifs is 1. The number of methoxy groups -OCH3 is 1. The van der Waals surface area contributed by atoms with Gasteiger partial charge in [-0.15, -0.1) is 0 Å². The molecular weight excluding hydrogens is 452 g/mol. The number of ether oxygens (including phenoxy) is 1. The van der Waals surface area contributed by atoms with Gasteiger partial charge in [0.25, 0.3) is 0 Å². The summed E-state index contributed by atoms with van der Waals surface area (Å²) >= 11 is 0. The van der Waals surface area contributed by atoms with Crippen molar-refractivity contribution >= 4 is 27.0 Å². The van der Waals surface area contributed by atoms with Gasteiger partial charge < -0.3 is 14.6 Å². The van der Waals surface area contributed by atoms with Crippen molar-refractivity contribution in [3.8, 4) is 0 Å². The quantitative estimate of drug-likeness (QED) is 0.423. The van der Waals surface area contributed by atoms with E-state index in [1.54, 1.807) is 19.2 Å². The van der Waals surface area contributed by atoms with Gasteiger partial charge in [0.05, 0.1) is 22.5 Å². The molecule has 0 saturated carbocycles.